The van der Waals surface area contributed by atoms with E-state index in [0.717, 1.165) is 18.8 Å². The molecule has 0 aliphatic heterocycles. The van der Waals surface area contributed by atoms with E-state index in [1.54, 1.807) is 0 Å². The van der Waals surface area contributed by atoms with Gasteiger partial charge in [-0.1, -0.05) is 25.7 Å². The molecule has 5 atom stereocenters. The van der Waals surface area contributed by atoms with Crippen LogP contribution in [0.4, 0.5) is 0 Å². The van der Waals surface area contributed by atoms with Crippen molar-refractivity contribution in [2.75, 3.05) is 0 Å². The van der Waals surface area contributed by atoms with Crippen LogP contribution in [0, 0.1) is 23.7 Å². The fraction of sp³-hybridized carbons (Fsp3) is 1.00. The van der Waals surface area contributed by atoms with Crippen molar-refractivity contribution in [2.24, 2.45) is 23.7 Å². The first kappa shape index (κ1) is 10.1. The van der Waals surface area contributed by atoms with E-state index < -0.39 is 0 Å². The summed E-state index contributed by atoms with van der Waals surface area (Å²) >= 11 is 0. The molecule has 0 spiro atoms. The molecule has 3 aliphatic rings. The van der Waals surface area contributed by atoms with Crippen LogP contribution in [0.25, 0.3) is 0 Å². The van der Waals surface area contributed by atoms with Gasteiger partial charge in [-0.3, -0.25) is 0 Å². The summed E-state index contributed by atoms with van der Waals surface area (Å²) < 4.78 is 0. The third-order valence-electron chi connectivity index (χ3n) is 5.24. The molecule has 3 rings (SSSR count). The van der Waals surface area contributed by atoms with Gasteiger partial charge in [0.15, 0.2) is 0 Å². The Labute approximate surface area is 91.7 Å². The van der Waals surface area contributed by atoms with Crippen molar-refractivity contribution in [3.8, 4) is 0 Å². The fourth-order valence-electron chi connectivity index (χ4n) is 4.50. The normalized spacial score (nSPS) is 51.2. The maximum atomic E-state index is 10.3. The van der Waals surface area contributed by atoms with Gasteiger partial charge in [0.05, 0.1) is 12.2 Å². The standard InChI is InChI=1S/C13H22O2/c14-11-6-5-9-7-10(13(15)12(9)11)8-3-1-2-4-8/h8-15H,1-7H2. The number of hydrogen-bond acceptors (Lipinski definition) is 2. The molecular formula is C13H22O2. The van der Waals surface area contributed by atoms with Gasteiger partial charge in [0.2, 0.25) is 0 Å². The predicted octanol–water partition coefficient (Wildman–Crippen LogP) is 1.94. The molecule has 0 aromatic carbocycles. The van der Waals surface area contributed by atoms with Crippen molar-refractivity contribution >= 4 is 0 Å². The fourth-order valence-corrected chi connectivity index (χ4v) is 4.50. The zero-order valence-electron chi connectivity index (χ0n) is 9.31. The number of fused-ring (bicyclic) bond motifs is 1. The van der Waals surface area contributed by atoms with Crippen LogP contribution in [-0.4, -0.2) is 22.4 Å². The molecule has 0 aromatic rings. The first-order valence-electron chi connectivity index (χ1n) is 6.63. The lowest BCUT2D eigenvalue weighted by molar-refractivity contribution is 0.00850. The van der Waals surface area contributed by atoms with Crippen LogP contribution in [0.15, 0.2) is 0 Å². The van der Waals surface area contributed by atoms with Crippen LogP contribution < -0.4 is 0 Å². The Morgan fingerprint density at radius 1 is 0.800 bits per heavy atom. The van der Waals surface area contributed by atoms with Gasteiger partial charge < -0.3 is 10.2 Å². The molecule has 0 saturated heterocycles. The zero-order chi connectivity index (χ0) is 10.4. The first-order valence-corrected chi connectivity index (χ1v) is 6.63. The van der Waals surface area contributed by atoms with Gasteiger partial charge in [-0.15, -0.1) is 0 Å². The van der Waals surface area contributed by atoms with Crippen molar-refractivity contribution in [1.29, 1.82) is 0 Å². The molecule has 0 heterocycles. The highest BCUT2D eigenvalue weighted by Crippen LogP contribution is 2.51. The van der Waals surface area contributed by atoms with Crippen LogP contribution in [0.2, 0.25) is 0 Å². The van der Waals surface area contributed by atoms with Gasteiger partial charge in [-0.25, -0.2) is 0 Å². The van der Waals surface area contributed by atoms with Gasteiger partial charge in [0.25, 0.3) is 0 Å². The molecule has 5 unspecified atom stereocenters. The Balaban J connectivity index is 1.72. The summed E-state index contributed by atoms with van der Waals surface area (Å²) in [7, 11) is 0. The summed E-state index contributed by atoms with van der Waals surface area (Å²) in [4.78, 5) is 0. The summed E-state index contributed by atoms with van der Waals surface area (Å²) in [6.07, 6.45) is 8.18. The van der Waals surface area contributed by atoms with Crippen LogP contribution in [0.1, 0.15) is 44.9 Å². The average molecular weight is 210 g/mol. The van der Waals surface area contributed by atoms with Gasteiger partial charge in [-0.05, 0) is 37.0 Å². The Morgan fingerprint density at radius 2 is 1.53 bits per heavy atom. The summed E-state index contributed by atoms with van der Waals surface area (Å²) in [5.74, 6) is 2.12. The van der Waals surface area contributed by atoms with Crippen molar-refractivity contribution < 1.29 is 10.2 Å². The molecule has 2 heteroatoms. The van der Waals surface area contributed by atoms with E-state index in [-0.39, 0.29) is 18.1 Å². The maximum absolute atomic E-state index is 10.3. The lowest BCUT2D eigenvalue weighted by Gasteiger charge is -2.25. The Kier molecular flexibility index (Phi) is 2.52. The molecule has 3 saturated carbocycles. The van der Waals surface area contributed by atoms with E-state index in [1.807, 2.05) is 0 Å². The van der Waals surface area contributed by atoms with E-state index >= 15 is 0 Å². The number of aliphatic hydroxyl groups is 2. The minimum absolute atomic E-state index is 0.199. The average Bonchev–Trinajstić information content (AvgIpc) is 2.86. The van der Waals surface area contributed by atoms with Crippen molar-refractivity contribution in [3.05, 3.63) is 0 Å². The van der Waals surface area contributed by atoms with Gasteiger partial charge in [0, 0.05) is 5.92 Å². The highest BCUT2D eigenvalue weighted by Gasteiger charge is 2.51. The molecule has 86 valence electrons. The van der Waals surface area contributed by atoms with Crippen molar-refractivity contribution in [3.63, 3.8) is 0 Å². The highest BCUT2D eigenvalue weighted by molar-refractivity contribution is 5.00. The lowest BCUT2D eigenvalue weighted by atomic mass is 9.85. The number of rotatable bonds is 1. The second-order valence-corrected chi connectivity index (χ2v) is 5.92. The summed E-state index contributed by atoms with van der Waals surface area (Å²) in [6.45, 7) is 0. The van der Waals surface area contributed by atoms with Gasteiger partial charge >= 0.3 is 0 Å². The third kappa shape index (κ3) is 1.53. The molecule has 3 fully saturated rings. The minimum atomic E-state index is -0.212. The van der Waals surface area contributed by atoms with Gasteiger partial charge in [-0.2, -0.15) is 0 Å². The third-order valence-corrected chi connectivity index (χ3v) is 5.24. The Hall–Kier alpha value is -0.0800. The molecule has 0 aromatic heterocycles. The molecule has 3 aliphatic carbocycles. The Bertz CT molecular complexity index is 235. The van der Waals surface area contributed by atoms with Crippen LogP contribution in [0.5, 0.6) is 0 Å². The topological polar surface area (TPSA) is 40.5 Å². The Morgan fingerprint density at radius 3 is 2.20 bits per heavy atom. The predicted molar refractivity (Wildman–Crippen MR) is 58.3 cm³/mol. The molecule has 2 N–H and O–H groups in total. The first-order chi connectivity index (χ1) is 7.27. The van der Waals surface area contributed by atoms with Gasteiger partial charge in [0.1, 0.15) is 0 Å². The molecule has 0 radical (unpaired) electrons. The second kappa shape index (κ2) is 3.74. The quantitative estimate of drug-likeness (QED) is 0.694. The zero-order valence-corrected chi connectivity index (χ0v) is 9.31. The summed E-state index contributed by atoms with van der Waals surface area (Å²) in [5, 5.41) is 20.2. The van der Waals surface area contributed by atoms with Crippen LogP contribution >= 0.6 is 0 Å². The maximum Gasteiger partial charge on any atom is 0.0626 e. The van der Waals surface area contributed by atoms with Crippen molar-refractivity contribution in [2.45, 2.75) is 57.2 Å². The van der Waals surface area contributed by atoms with Crippen molar-refractivity contribution in [1.82, 2.24) is 0 Å². The molecule has 0 bridgehead atoms. The molecule has 0 amide bonds. The van der Waals surface area contributed by atoms with Crippen LogP contribution in [0.3, 0.4) is 0 Å². The monoisotopic (exact) mass is 210 g/mol. The number of aliphatic hydroxyl groups excluding tert-OH is 2. The highest BCUT2D eigenvalue weighted by atomic mass is 16.3. The minimum Gasteiger partial charge on any atom is -0.393 e. The molecule has 2 nitrogen and oxygen atoms in total. The van der Waals surface area contributed by atoms with E-state index in [0.29, 0.717) is 11.8 Å². The van der Waals surface area contributed by atoms with E-state index in [2.05, 4.69) is 0 Å². The molecular weight excluding hydrogens is 188 g/mol. The van der Waals surface area contributed by atoms with Crippen LogP contribution in [-0.2, 0) is 0 Å². The lowest BCUT2D eigenvalue weighted by Crippen LogP contribution is -2.31. The number of hydrogen-bond donors (Lipinski definition) is 2. The van der Waals surface area contributed by atoms with E-state index in [1.165, 1.54) is 32.1 Å². The van der Waals surface area contributed by atoms with E-state index in [4.69, 9.17) is 0 Å². The largest absolute Gasteiger partial charge is 0.393 e. The smallest absolute Gasteiger partial charge is 0.0626 e. The summed E-state index contributed by atoms with van der Waals surface area (Å²) in [5.41, 5.74) is 0. The van der Waals surface area contributed by atoms with E-state index in [9.17, 15) is 10.2 Å². The summed E-state index contributed by atoms with van der Waals surface area (Å²) in [6, 6.07) is 0. The molecule has 15 heavy (non-hydrogen) atoms. The second-order valence-electron chi connectivity index (χ2n) is 5.92. The SMILES string of the molecule is OC1CCC2CC(C3CCCC3)C(O)C12.